The first kappa shape index (κ1) is 21.5. The van der Waals surface area contributed by atoms with Gasteiger partial charge in [0, 0.05) is 25.4 Å². The molecule has 0 amide bonds. The van der Waals surface area contributed by atoms with Crippen LogP contribution in [-0.2, 0) is 16.4 Å². The Bertz CT molecular complexity index is 629. The maximum atomic E-state index is 11.2. The van der Waals surface area contributed by atoms with Crippen LogP contribution in [0.1, 0.15) is 18.4 Å². The molecule has 0 aromatic heterocycles. The van der Waals surface area contributed by atoms with E-state index in [9.17, 15) is 8.42 Å². The fraction of sp³-hybridized carbons (Fsp3) is 0.533. The number of primary sulfonamides is 1. The third-order valence-corrected chi connectivity index (χ3v) is 6.03. The van der Waals surface area contributed by atoms with E-state index in [1.165, 1.54) is 30.7 Å². The summed E-state index contributed by atoms with van der Waals surface area (Å²) in [6.45, 7) is 1.67. The van der Waals surface area contributed by atoms with Crippen LogP contribution in [0.3, 0.4) is 0 Å². The van der Waals surface area contributed by atoms with Crippen LogP contribution in [0.25, 0.3) is 0 Å². The third-order valence-electron chi connectivity index (χ3n) is 3.70. The molecule has 2 rings (SSSR count). The molecular formula is C15H25IN4O2S2. The monoisotopic (exact) mass is 484 g/mol. The molecule has 1 heterocycles. The molecule has 1 saturated heterocycles. The summed E-state index contributed by atoms with van der Waals surface area (Å²) in [6.07, 6.45) is 3.35. The van der Waals surface area contributed by atoms with Gasteiger partial charge >= 0.3 is 0 Å². The van der Waals surface area contributed by atoms with Crippen LogP contribution in [-0.4, -0.2) is 45.5 Å². The van der Waals surface area contributed by atoms with Gasteiger partial charge in [-0.2, -0.15) is 11.8 Å². The molecule has 0 spiro atoms. The number of sulfonamides is 1. The van der Waals surface area contributed by atoms with E-state index in [2.05, 4.69) is 15.6 Å². The number of halogens is 1. The average Bonchev–Trinajstić information content (AvgIpc) is 3.03. The van der Waals surface area contributed by atoms with Gasteiger partial charge in [0.25, 0.3) is 0 Å². The molecule has 1 aromatic rings. The zero-order valence-corrected chi connectivity index (χ0v) is 17.7. The highest BCUT2D eigenvalue weighted by molar-refractivity contribution is 14.0. The number of nitrogens with two attached hydrogens (primary N) is 1. The van der Waals surface area contributed by atoms with Crippen molar-refractivity contribution in [2.24, 2.45) is 10.1 Å². The second-order valence-corrected chi connectivity index (χ2v) is 8.42. The van der Waals surface area contributed by atoms with Gasteiger partial charge < -0.3 is 10.6 Å². The van der Waals surface area contributed by atoms with Crippen LogP contribution in [0, 0.1) is 0 Å². The normalized spacial score (nSPS) is 18.1. The lowest BCUT2D eigenvalue weighted by atomic mass is 10.1. The summed E-state index contributed by atoms with van der Waals surface area (Å²) >= 11 is 2.01. The van der Waals surface area contributed by atoms with E-state index in [1.54, 1.807) is 19.2 Å². The number of aliphatic imine (C=N–C) groups is 1. The molecule has 1 atom stereocenters. The van der Waals surface area contributed by atoms with Gasteiger partial charge in [0.2, 0.25) is 10.0 Å². The molecular weight excluding hydrogens is 459 g/mol. The van der Waals surface area contributed by atoms with Gasteiger partial charge in [-0.3, -0.25) is 4.99 Å². The number of hydrogen-bond acceptors (Lipinski definition) is 4. The maximum absolute atomic E-state index is 11.2. The Labute approximate surface area is 165 Å². The lowest BCUT2D eigenvalue weighted by molar-refractivity contribution is 0.598. The lowest BCUT2D eigenvalue weighted by Crippen LogP contribution is -2.40. The molecule has 0 radical (unpaired) electrons. The summed E-state index contributed by atoms with van der Waals surface area (Å²) in [7, 11) is -1.86. The average molecular weight is 484 g/mol. The van der Waals surface area contributed by atoms with Gasteiger partial charge in [0.15, 0.2) is 5.96 Å². The van der Waals surface area contributed by atoms with Gasteiger partial charge in [0.1, 0.15) is 0 Å². The number of nitrogens with one attached hydrogen (secondary N) is 2. The van der Waals surface area contributed by atoms with E-state index in [0.717, 1.165) is 31.0 Å². The van der Waals surface area contributed by atoms with Crippen LogP contribution < -0.4 is 15.8 Å². The fourth-order valence-corrected chi connectivity index (χ4v) is 4.12. The highest BCUT2D eigenvalue weighted by atomic mass is 127. The second kappa shape index (κ2) is 10.5. The van der Waals surface area contributed by atoms with Crippen molar-refractivity contribution in [1.29, 1.82) is 0 Å². The molecule has 1 unspecified atom stereocenters. The highest BCUT2D eigenvalue weighted by Crippen LogP contribution is 2.25. The topological polar surface area (TPSA) is 96.6 Å². The Balaban J connectivity index is 0.00000288. The molecule has 1 fully saturated rings. The zero-order chi connectivity index (χ0) is 16.7. The molecule has 0 saturated carbocycles. The summed E-state index contributed by atoms with van der Waals surface area (Å²) in [5, 5.41) is 12.4. The van der Waals surface area contributed by atoms with Gasteiger partial charge in [-0.1, -0.05) is 12.1 Å². The molecule has 1 aliphatic heterocycles. The van der Waals surface area contributed by atoms with Crippen molar-refractivity contribution in [1.82, 2.24) is 10.6 Å². The molecule has 24 heavy (non-hydrogen) atoms. The Hall–Kier alpha value is -0.520. The van der Waals surface area contributed by atoms with Crippen LogP contribution in [0.5, 0.6) is 0 Å². The first-order valence-corrected chi connectivity index (χ1v) is 10.3. The lowest BCUT2D eigenvalue weighted by Gasteiger charge is -2.14. The van der Waals surface area contributed by atoms with Crippen molar-refractivity contribution in [2.45, 2.75) is 29.4 Å². The van der Waals surface area contributed by atoms with E-state index in [0.29, 0.717) is 5.25 Å². The first-order chi connectivity index (χ1) is 11.0. The quantitative estimate of drug-likeness (QED) is 0.324. The molecule has 1 aromatic carbocycles. The number of rotatable bonds is 6. The number of hydrogen-bond donors (Lipinski definition) is 3. The smallest absolute Gasteiger partial charge is 0.238 e. The summed E-state index contributed by atoms with van der Waals surface area (Å²) in [5.74, 6) is 2.06. The summed E-state index contributed by atoms with van der Waals surface area (Å²) < 4.78 is 22.4. The summed E-state index contributed by atoms with van der Waals surface area (Å²) in [4.78, 5) is 4.36. The molecule has 4 N–H and O–H groups in total. The number of benzene rings is 1. The van der Waals surface area contributed by atoms with Crippen molar-refractivity contribution < 1.29 is 8.42 Å². The Morgan fingerprint density at radius 2 is 2.04 bits per heavy atom. The summed E-state index contributed by atoms with van der Waals surface area (Å²) in [6, 6.07) is 6.64. The Morgan fingerprint density at radius 3 is 2.58 bits per heavy atom. The van der Waals surface area contributed by atoms with E-state index >= 15 is 0 Å². The van der Waals surface area contributed by atoms with E-state index in [-0.39, 0.29) is 28.9 Å². The van der Waals surface area contributed by atoms with E-state index in [4.69, 9.17) is 5.14 Å². The van der Waals surface area contributed by atoms with Gasteiger partial charge in [-0.15, -0.1) is 24.0 Å². The zero-order valence-electron chi connectivity index (χ0n) is 13.7. The van der Waals surface area contributed by atoms with Crippen molar-refractivity contribution in [3.63, 3.8) is 0 Å². The number of guanidine groups is 1. The van der Waals surface area contributed by atoms with Gasteiger partial charge in [-0.05, 0) is 42.7 Å². The predicted octanol–water partition coefficient (Wildman–Crippen LogP) is 1.56. The largest absolute Gasteiger partial charge is 0.356 e. The Morgan fingerprint density at radius 1 is 1.33 bits per heavy atom. The van der Waals surface area contributed by atoms with E-state index < -0.39 is 10.0 Å². The SMILES string of the molecule is CN=C(NCCc1ccc(S(N)(=O)=O)cc1)NCC1CCCS1.I. The van der Waals surface area contributed by atoms with Crippen LogP contribution in [0.15, 0.2) is 34.2 Å². The van der Waals surface area contributed by atoms with Gasteiger partial charge in [0.05, 0.1) is 4.90 Å². The molecule has 1 aliphatic rings. The minimum absolute atomic E-state index is 0. The van der Waals surface area contributed by atoms with Gasteiger partial charge in [-0.25, -0.2) is 13.6 Å². The fourth-order valence-electron chi connectivity index (χ4n) is 2.41. The standard InChI is InChI=1S/C15H24N4O2S2.HI/c1-17-15(19-11-13-3-2-10-22-13)18-9-8-12-4-6-14(7-5-12)23(16,20)21;/h4-7,13H,2-3,8-11H2,1H3,(H2,16,20,21)(H2,17,18,19);1H. The van der Waals surface area contributed by atoms with Crippen LogP contribution in [0.4, 0.5) is 0 Å². The predicted molar refractivity (Wildman–Crippen MR) is 112 cm³/mol. The minimum atomic E-state index is -3.62. The maximum Gasteiger partial charge on any atom is 0.238 e. The van der Waals surface area contributed by atoms with Crippen molar-refractivity contribution in [3.05, 3.63) is 29.8 Å². The second-order valence-electron chi connectivity index (χ2n) is 5.45. The van der Waals surface area contributed by atoms with E-state index in [1.807, 2.05) is 11.8 Å². The van der Waals surface area contributed by atoms with Crippen molar-refractivity contribution >= 4 is 51.7 Å². The highest BCUT2D eigenvalue weighted by Gasteiger charge is 2.15. The number of thioether (sulfide) groups is 1. The third kappa shape index (κ3) is 7.16. The number of nitrogens with zero attached hydrogens (tertiary/aromatic N) is 1. The molecule has 136 valence electrons. The molecule has 0 aliphatic carbocycles. The van der Waals surface area contributed by atoms with Crippen molar-refractivity contribution in [3.8, 4) is 0 Å². The van der Waals surface area contributed by atoms with Crippen LogP contribution in [0.2, 0.25) is 0 Å². The summed E-state index contributed by atoms with van der Waals surface area (Å²) in [5.41, 5.74) is 1.05. The Kier molecular flexibility index (Phi) is 9.39. The first-order valence-electron chi connectivity index (χ1n) is 7.67. The molecule has 9 heteroatoms. The molecule has 0 bridgehead atoms. The minimum Gasteiger partial charge on any atom is -0.356 e. The van der Waals surface area contributed by atoms with Crippen LogP contribution >= 0.6 is 35.7 Å². The molecule has 6 nitrogen and oxygen atoms in total. The van der Waals surface area contributed by atoms with Crippen molar-refractivity contribution in [2.75, 3.05) is 25.9 Å².